The number of hydrogen-bond acceptors (Lipinski definition) is 7. The van der Waals surface area contributed by atoms with E-state index in [1.165, 1.54) is 0 Å². The van der Waals surface area contributed by atoms with Gasteiger partial charge in [0.25, 0.3) is 0 Å². The number of fused-ring (bicyclic) bond motifs is 1. The van der Waals surface area contributed by atoms with Crippen molar-refractivity contribution in [3.63, 3.8) is 0 Å². The minimum absolute atomic E-state index is 0.00618. The first-order valence-corrected chi connectivity index (χ1v) is 11.7. The lowest BCUT2D eigenvalue weighted by Gasteiger charge is -2.37. The summed E-state index contributed by atoms with van der Waals surface area (Å²) < 4.78 is 23.4. The van der Waals surface area contributed by atoms with Crippen molar-refractivity contribution in [1.82, 2.24) is 0 Å². The van der Waals surface area contributed by atoms with E-state index < -0.39 is 50.9 Å². The normalized spacial score (nSPS) is 35.0. The second kappa shape index (κ2) is 7.03. The molecule has 2 N–H and O–H groups in total. The van der Waals surface area contributed by atoms with Gasteiger partial charge >= 0.3 is 0 Å². The van der Waals surface area contributed by atoms with Gasteiger partial charge in [-0.15, -0.1) is 0 Å². The van der Waals surface area contributed by atoms with Gasteiger partial charge in [0.05, 0.1) is 12.6 Å². The van der Waals surface area contributed by atoms with Crippen LogP contribution in [0.4, 0.5) is 0 Å². The minimum Gasteiger partial charge on any atom is -0.416 e. The van der Waals surface area contributed by atoms with Gasteiger partial charge in [0, 0.05) is 11.5 Å². The van der Waals surface area contributed by atoms with Crippen LogP contribution in [0, 0.1) is 0 Å². The second-order valence-electron chi connectivity index (χ2n) is 8.95. The quantitative estimate of drug-likeness (QED) is 0.311. The molecule has 2 saturated heterocycles. The lowest BCUT2D eigenvalue weighted by molar-refractivity contribution is -0.286. The minimum atomic E-state index is -2.08. The van der Waals surface area contributed by atoms with E-state index in [1.807, 2.05) is 0 Å². The van der Waals surface area contributed by atoms with Crippen LogP contribution in [0.25, 0.3) is 10.4 Å². The molecule has 0 amide bonds. The SMILES string of the molecule is CC1(C)O[C@H]2[C@@H]([C@@H](CO[Si](C)(C)C(C)(C)C)N=[N+]=[N-])OC(O)(CO)[C@H]2O1. The standard InChI is InChI=1S/C16H31N3O6Si/c1-14(2,3)26(6,7)22-8-10(18-19-17)11-12-13(16(21,9-20)24-11)25-15(4,5)23-12/h10-13,20-21H,8-9H2,1-7H3/t10-,11-,12+,13+,16?/m1/s1. The highest BCUT2D eigenvalue weighted by Crippen LogP contribution is 2.44. The molecular formula is C16H31N3O6Si. The summed E-state index contributed by atoms with van der Waals surface area (Å²) in [4.78, 5) is 2.91. The van der Waals surface area contributed by atoms with Crippen molar-refractivity contribution in [1.29, 1.82) is 0 Å². The van der Waals surface area contributed by atoms with Gasteiger partial charge < -0.3 is 28.8 Å². The zero-order chi connectivity index (χ0) is 20.0. The molecule has 9 nitrogen and oxygen atoms in total. The van der Waals surface area contributed by atoms with Crippen LogP contribution in [0.1, 0.15) is 34.6 Å². The number of nitrogens with zero attached hydrogens (tertiary/aromatic N) is 3. The van der Waals surface area contributed by atoms with E-state index in [4.69, 9.17) is 24.2 Å². The van der Waals surface area contributed by atoms with Crippen molar-refractivity contribution in [2.24, 2.45) is 5.11 Å². The summed E-state index contributed by atoms with van der Waals surface area (Å²) in [5, 5.41) is 24.0. The van der Waals surface area contributed by atoms with Crippen molar-refractivity contribution in [2.75, 3.05) is 13.2 Å². The molecule has 150 valence electrons. The maximum Gasteiger partial charge on any atom is 0.219 e. The number of aliphatic hydroxyl groups is 2. The van der Waals surface area contributed by atoms with Crippen LogP contribution in [-0.4, -0.2) is 67.7 Å². The zero-order valence-electron chi connectivity index (χ0n) is 16.6. The van der Waals surface area contributed by atoms with Crippen molar-refractivity contribution in [2.45, 2.75) is 88.7 Å². The maximum absolute atomic E-state index is 10.6. The first kappa shape index (κ1) is 21.6. The summed E-state index contributed by atoms with van der Waals surface area (Å²) >= 11 is 0. The Kier molecular flexibility index (Phi) is 5.84. The van der Waals surface area contributed by atoms with Gasteiger partial charge in [0.2, 0.25) is 5.79 Å². The number of rotatable bonds is 6. The van der Waals surface area contributed by atoms with E-state index in [0.29, 0.717) is 0 Å². The van der Waals surface area contributed by atoms with E-state index in [0.717, 1.165) is 0 Å². The van der Waals surface area contributed by atoms with Crippen LogP contribution < -0.4 is 0 Å². The third-order valence-corrected chi connectivity index (χ3v) is 9.97. The Morgan fingerprint density at radius 2 is 1.88 bits per heavy atom. The Balaban J connectivity index is 2.23. The number of azide groups is 1. The highest BCUT2D eigenvalue weighted by Gasteiger charge is 2.63. The highest BCUT2D eigenvalue weighted by atomic mass is 28.4. The van der Waals surface area contributed by atoms with Gasteiger partial charge in [0.15, 0.2) is 14.1 Å². The van der Waals surface area contributed by atoms with E-state index in [2.05, 4.69) is 43.9 Å². The van der Waals surface area contributed by atoms with E-state index >= 15 is 0 Å². The third kappa shape index (κ3) is 4.07. The van der Waals surface area contributed by atoms with Gasteiger partial charge in [-0.1, -0.05) is 25.9 Å². The Labute approximate surface area is 155 Å². The summed E-state index contributed by atoms with van der Waals surface area (Å²) in [6.07, 6.45) is -2.35. The molecule has 2 rings (SSSR count). The number of ether oxygens (including phenoxy) is 3. The van der Waals surface area contributed by atoms with Gasteiger partial charge in [-0.25, -0.2) is 0 Å². The fourth-order valence-electron chi connectivity index (χ4n) is 2.94. The van der Waals surface area contributed by atoms with Crippen LogP contribution in [0.5, 0.6) is 0 Å². The van der Waals surface area contributed by atoms with Crippen LogP contribution in [-0.2, 0) is 18.6 Å². The average molecular weight is 390 g/mol. The van der Waals surface area contributed by atoms with Gasteiger partial charge in [-0.05, 0) is 37.5 Å². The van der Waals surface area contributed by atoms with Crippen molar-refractivity contribution >= 4 is 8.32 Å². The molecule has 0 spiro atoms. The predicted molar refractivity (Wildman–Crippen MR) is 96.8 cm³/mol. The molecule has 0 saturated carbocycles. The topological polar surface area (TPSA) is 126 Å². The van der Waals surface area contributed by atoms with Gasteiger partial charge in [-0.3, -0.25) is 0 Å². The molecular weight excluding hydrogens is 358 g/mol. The summed E-state index contributed by atoms with van der Waals surface area (Å²) in [5.74, 6) is -2.86. The molecule has 0 aromatic rings. The van der Waals surface area contributed by atoms with Crippen molar-refractivity contribution in [3.05, 3.63) is 10.4 Å². The summed E-state index contributed by atoms with van der Waals surface area (Å²) in [6, 6.07) is -0.723. The summed E-state index contributed by atoms with van der Waals surface area (Å²) in [5.41, 5.74) is 8.99. The average Bonchev–Trinajstić information content (AvgIpc) is 2.96. The smallest absolute Gasteiger partial charge is 0.219 e. The predicted octanol–water partition coefficient (Wildman–Crippen LogP) is 2.29. The molecule has 0 aliphatic carbocycles. The summed E-state index contributed by atoms with van der Waals surface area (Å²) in [6.45, 7) is 13.5. The Bertz CT molecular complexity index is 575. The maximum atomic E-state index is 10.6. The molecule has 0 aromatic carbocycles. The third-order valence-electron chi connectivity index (χ3n) is 5.46. The number of hydrogen-bond donors (Lipinski definition) is 2. The fourth-order valence-corrected chi connectivity index (χ4v) is 3.96. The Hall–Kier alpha value is -0.713. The molecule has 2 aliphatic heterocycles. The lowest BCUT2D eigenvalue weighted by Crippen LogP contribution is -2.47. The molecule has 0 bridgehead atoms. The zero-order valence-corrected chi connectivity index (χ0v) is 17.6. The molecule has 26 heavy (non-hydrogen) atoms. The van der Waals surface area contributed by atoms with Crippen LogP contribution >= 0.6 is 0 Å². The first-order chi connectivity index (χ1) is 11.8. The van der Waals surface area contributed by atoms with Crippen molar-refractivity contribution in [3.8, 4) is 0 Å². The monoisotopic (exact) mass is 389 g/mol. The number of aliphatic hydroxyl groups excluding tert-OH is 1. The van der Waals surface area contributed by atoms with Crippen LogP contribution in [0.15, 0.2) is 5.11 Å². The molecule has 2 aliphatic rings. The van der Waals surface area contributed by atoms with Crippen LogP contribution in [0.3, 0.4) is 0 Å². The fraction of sp³-hybridized carbons (Fsp3) is 1.00. The lowest BCUT2D eigenvalue weighted by atomic mass is 10.0. The molecule has 2 fully saturated rings. The summed E-state index contributed by atoms with van der Waals surface area (Å²) in [7, 11) is -2.08. The Morgan fingerprint density at radius 3 is 2.38 bits per heavy atom. The van der Waals surface area contributed by atoms with Gasteiger partial charge in [-0.2, -0.15) is 0 Å². The Morgan fingerprint density at radius 1 is 1.27 bits per heavy atom. The first-order valence-electron chi connectivity index (χ1n) is 8.81. The van der Waals surface area contributed by atoms with E-state index in [9.17, 15) is 10.2 Å². The molecule has 10 heteroatoms. The molecule has 0 radical (unpaired) electrons. The van der Waals surface area contributed by atoms with E-state index in [1.54, 1.807) is 13.8 Å². The molecule has 1 unspecified atom stereocenters. The van der Waals surface area contributed by atoms with E-state index in [-0.39, 0.29) is 11.6 Å². The second-order valence-corrected chi connectivity index (χ2v) is 13.8. The van der Waals surface area contributed by atoms with Crippen LogP contribution in [0.2, 0.25) is 18.1 Å². The van der Waals surface area contributed by atoms with Crippen molar-refractivity contribution < 1.29 is 28.8 Å². The highest BCUT2D eigenvalue weighted by molar-refractivity contribution is 6.74. The van der Waals surface area contributed by atoms with Gasteiger partial charge in [0.1, 0.15) is 18.3 Å². The largest absolute Gasteiger partial charge is 0.416 e. The molecule has 2 heterocycles. The molecule has 0 aromatic heterocycles. The molecule has 5 atom stereocenters.